The van der Waals surface area contributed by atoms with Crippen molar-refractivity contribution in [1.82, 2.24) is 15.1 Å². The molecule has 30 heavy (non-hydrogen) atoms. The second kappa shape index (κ2) is 10.7. The van der Waals surface area contributed by atoms with Gasteiger partial charge in [0.15, 0.2) is 6.10 Å². The second-order valence-corrected chi connectivity index (χ2v) is 8.04. The van der Waals surface area contributed by atoms with Crippen molar-refractivity contribution in [2.45, 2.75) is 19.6 Å². The van der Waals surface area contributed by atoms with Crippen LogP contribution in [-0.4, -0.2) is 60.4 Å². The molecule has 1 saturated heterocycles. The summed E-state index contributed by atoms with van der Waals surface area (Å²) < 4.78 is 5.72. The SMILES string of the molecule is CC(Oc1ccc(Cl)cc1Cl)C(=O)N1CCN(CC(=O)NCc2ccccc2)CC1. The van der Waals surface area contributed by atoms with E-state index in [0.29, 0.717) is 55.1 Å². The molecule has 8 heteroatoms. The molecule has 0 bridgehead atoms. The van der Waals surface area contributed by atoms with Gasteiger partial charge in [0.1, 0.15) is 5.75 Å². The zero-order valence-corrected chi connectivity index (χ0v) is 18.3. The minimum Gasteiger partial charge on any atom is -0.479 e. The van der Waals surface area contributed by atoms with Crippen molar-refractivity contribution < 1.29 is 14.3 Å². The van der Waals surface area contributed by atoms with Crippen LogP contribution >= 0.6 is 23.2 Å². The molecule has 2 aromatic carbocycles. The van der Waals surface area contributed by atoms with E-state index in [1.807, 2.05) is 35.2 Å². The van der Waals surface area contributed by atoms with Crippen LogP contribution in [0, 0.1) is 0 Å². The largest absolute Gasteiger partial charge is 0.479 e. The topological polar surface area (TPSA) is 61.9 Å². The molecule has 0 radical (unpaired) electrons. The summed E-state index contributed by atoms with van der Waals surface area (Å²) in [5, 5.41) is 3.81. The van der Waals surface area contributed by atoms with E-state index in [9.17, 15) is 9.59 Å². The van der Waals surface area contributed by atoms with E-state index in [1.54, 1.807) is 30.0 Å². The average molecular weight is 450 g/mol. The third kappa shape index (κ3) is 6.36. The van der Waals surface area contributed by atoms with Crippen molar-refractivity contribution in [3.8, 4) is 5.75 Å². The molecule has 1 aliphatic rings. The molecule has 1 atom stereocenters. The van der Waals surface area contributed by atoms with Crippen LogP contribution in [0.3, 0.4) is 0 Å². The number of hydrogen-bond donors (Lipinski definition) is 1. The molecule has 1 N–H and O–H groups in total. The zero-order chi connectivity index (χ0) is 21.5. The smallest absolute Gasteiger partial charge is 0.263 e. The maximum atomic E-state index is 12.7. The van der Waals surface area contributed by atoms with Gasteiger partial charge in [0.25, 0.3) is 5.91 Å². The first-order valence-corrected chi connectivity index (χ1v) is 10.6. The number of carbonyl (C=O) groups excluding carboxylic acids is 2. The summed E-state index contributed by atoms with van der Waals surface area (Å²) in [6.45, 7) is 4.91. The minimum atomic E-state index is -0.663. The Labute approximate surface area is 186 Å². The van der Waals surface area contributed by atoms with Crippen molar-refractivity contribution in [3.63, 3.8) is 0 Å². The number of benzene rings is 2. The van der Waals surface area contributed by atoms with Crippen LogP contribution < -0.4 is 10.1 Å². The molecule has 0 spiro atoms. The van der Waals surface area contributed by atoms with E-state index in [2.05, 4.69) is 5.32 Å². The number of carbonyl (C=O) groups is 2. The normalized spacial score (nSPS) is 15.5. The van der Waals surface area contributed by atoms with Gasteiger partial charge in [-0.25, -0.2) is 0 Å². The van der Waals surface area contributed by atoms with Gasteiger partial charge in [-0.1, -0.05) is 53.5 Å². The Kier molecular flexibility index (Phi) is 7.96. The molecule has 6 nitrogen and oxygen atoms in total. The van der Waals surface area contributed by atoms with E-state index in [4.69, 9.17) is 27.9 Å². The summed E-state index contributed by atoms with van der Waals surface area (Å²) in [7, 11) is 0. The van der Waals surface area contributed by atoms with E-state index in [0.717, 1.165) is 5.56 Å². The van der Waals surface area contributed by atoms with Crippen molar-refractivity contribution in [1.29, 1.82) is 0 Å². The fraction of sp³-hybridized carbons (Fsp3) is 0.364. The van der Waals surface area contributed by atoms with Gasteiger partial charge in [0, 0.05) is 37.7 Å². The molecule has 0 aliphatic carbocycles. The fourth-order valence-corrected chi connectivity index (χ4v) is 3.70. The molecule has 160 valence electrons. The summed E-state index contributed by atoms with van der Waals surface area (Å²) in [5.74, 6) is 0.303. The number of piperazine rings is 1. The number of ether oxygens (including phenoxy) is 1. The van der Waals surface area contributed by atoms with Crippen LogP contribution in [-0.2, 0) is 16.1 Å². The number of amides is 2. The number of hydrogen-bond acceptors (Lipinski definition) is 4. The Balaban J connectivity index is 1.41. The zero-order valence-electron chi connectivity index (χ0n) is 16.8. The lowest BCUT2D eigenvalue weighted by Gasteiger charge is -2.35. The average Bonchev–Trinajstić information content (AvgIpc) is 2.75. The van der Waals surface area contributed by atoms with Gasteiger partial charge in [-0.3, -0.25) is 14.5 Å². The third-order valence-corrected chi connectivity index (χ3v) is 5.46. The lowest BCUT2D eigenvalue weighted by molar-refractivity contribution is -0.139. The van der Waals surface area contributed by atoms with Gasteiger partial charge in [-0.15, -0.1) is 0 Å². The Morgan fingerprint density at radius 2 is 1.77 bits per heavy atom. The molecule has 1 fully saturated rings. The maximum absolute atomic E-state index is 12.7. The van der Waals surface area contributed by atoms with Crippen molar-refractivity contribution in [3.05, 3.63) is 64.1 Å². The maximum Gasteiger partial charge on any atom is 0.263 e. The van der Waals surface area contributed by atoms with E-state index >= 15 is 0 Å². The van der Waals surface area contributed by atoms with Crippen LogP contribution in [0.15, 0.2) is 48.5 Å². The number of rotatable bonds is 7. The van der Waals surface area contributed by atoms with Gasteiger partial charge in [-0.05, 0) is 30.7 Å². The first-order chi connectivity index (χ1) is 14.4. The van der Waals surface area contributed by atoms with Gasteiger partial charge in [0.05, 0.1) is 11.6 Å². The molecule has 2 amide bonds. The first-order valence-electron chi connectivity index (χ1n) is 9.86. The van der Waals surface area contributed by atoms with Gasteiger partial charge in [-0.2, -0.15) is 0 Å². The highest BCUT2D eigenvalue weighted by Crippen LogP contribution is 2.28. The molecule has 3 rings (SSSR count). The highest BCUT2D eigenvalue weighted by Gasteiger charge is 2.27. The summed E-state index contributed by atoms with van der Waals surface area (Å²) in [5.41, 5.74) is 1.07. The van der Waals surface area contributed by atoms with Crippen molar-refractivity contribution >= 4 is 35.0 Å². The predicted octanol–water partition coefficient (Wildman–Crippen LogP) is 3.22. The molecular weight excluding hydrogens is 425 g/mol. The third-order valence-electron chi connectivity index (χ3n) is 4.93. The predicted molar refractivity (Wildman–Crippen MR) is 118 cm³/mol. The summed E-state index contributed by atoms with van der Waals surface area (Å²) >= 11 is 12.0. The van der Waals surface area contributed by atoms with Crippen molar-refractivity contribution in [2.24, 2.45) is 0 Å². The van der Waals surface area contributed by atoms with Crippen LogP contribution in [0.2, 0.25) is 10.0 Å². The van der Waals surface area contributed by atoms with Gasteiger partial charge < -0.3 is 15.0 Å². The minimum absolute atomic E-state index is 0.0206. The summed E-state index contributed by atoms with van der Waals surface area (Å²) in [6.07, 6.45) is -0.663. The first kappa shape index (κ1) is 22.4. The number of halogens is 2. The highest BCUT2D eigenvalue weighted by atomic mass is 35.5. The summed E-state index contributed by atoms with van der Waals surface area (Å²) in [4.78, 5) is 28.7. The van der Waals surface area contributed by atoms with Crippen LogP contribution in [0.25, 0.3) is 0 Å². The van der Waals surface area contributed by atoms with E-state index in [1.165, 1.54) is 0 Å². The van der Waals surface area contributed by atoms with E-state index in [-0.39, 0.29) is 11.8 Å². The molecule has 1 heterocycles. The van der Waals surface area contributed by atoms with Crippen LogP contribution in [0.1, 0.15) is 12.5 Å². The van der Waals surface area contributed by atoms with Crippen LogP contribution in [0.5, 0.6) is 5.75 Å². The molecule has 0 aromatic heterocycles. The second-order valence-electron chi connectivity index (χ2n) is 7.20. The molecule has 1 aliphatic heterocycles. The van der Waals surface area contributed by atoms with Gasteiger partial charge >= 0.3 is 0 Å². The Morgan fingerprint density at radius 3 is 2.43 bits per heavy atom. The number of nitrogens with one attached hydrogen (secondary N) is 1. The number of nitrogens with zero attached hydrogens (tertiary/aromatic N) is 2. The van der Waals surface area contributed by atoms with Crippen molar-refractivity contribution in [2.75, 3.05) is 32.7 Å². The summed E-state index contributed by atoms with van der Waals surface area (Å²) in [6, 6.07) is 14.7. The highest BCUT2D eigenvalue weighted by molar-refractivity contribution is 6.35. The lowest BCUT2D eigenvalue weighted by Crippen LogP contribution is -2.53. The quantitative estimate of drug-likeness (QED) is 0.704. The fourth-order valence-electron chi connectivity index (χ4n) is 3.25. The molecular formula is C22H25Cl2N3O3. The van der Waals surface area contributed by atoms with E-state index < -0.39 is 6.10 Å². The van der Waals surface area contributed by atoms with Crippen LogP contribution in [0.4, 0.5) is 0 Å². The standard InChI is InChI=1S/C22H25Cl2N3O3/c1-16(30-20-8-7-18(23)13-19(20)24)22(29)27-11-9-26(10-12-27)15-21(28)25-14-17-5-3-2-4-6-17/h2-8,13,16H,9-12,14-15H2,1H3,(H,25,28). The molecule has 2 aromatic rings. The van der Waals surface area contributed by atoms with Gasteiger partial charge in [0.2, 0.25) is 5.91 Å². The molecule has 1 unspecified atom stereocenters. The Hall–Kier alpha value is -2.28. The molecule has 0 saturated carbocycles. The Morgan fingerprint density at radius 1 is 1.07 bits per heavy atom. The monoisotopic (exact) mass is 449 g/mol. The Bertz CT molecular complexity index is 871. The lowest BCUT2D eigenvalue weighted by atomic mass is 10.2.